The third-order valence-electron chi connectivity index (χ3n) is 3.42. The second-order valence-corrected chi connectivity index (χ2v) is 5.15. The average molecular weight is 369 g/mol. The van der Waals surface area contributed by atoms with Gasteiger partial charge in [0.1, 0.15) is 17.6 Å². The van der Waals surface area contributed by atoms with Gasteiger partial charge >= 0.3 is 12.1 Å². The van der Waals surface area contributed by atoms with Crippen molar-refractivity contribution in [3.05, 3.63) is 52.9 Å². The molecule has 26 heavy (non-hydrogen) atoms. The number of alkyl halides is 3. The van der Waals surface area contributed by atoms with Crippen LogP contribution in [0.2, 0.25) is 0 Å². The van der Waals surface area contributed by atoms with Crippen LogP contribution in [0.25, 0.3) is 0 Å². The molecular formula is C17H14F3NO5. The molecule has 1 atom stereocenters. The topological polar surface area (TPSA) is 85.2 Å². The number of hydrogen-bond donors (Lipinski definition) is 1. The van der Waals surface area contributed by atoms with Crippen molar-refractivity contribution in [3.63, 3.8) is 0 Å². The van der Waals surface area contributed by atoms with E-state index in [2.05, 4.69) is 4.99 Å². The summed E-state index contributed by atoms with van der Waals surface area (Å²) in [6, 6.07) is 4.17. The quantitative estimate of drug-likeness (QED) is 0.780. The van der Waals surface area contributed by atoms with Crippen molar-refractivity contribution in [1.82, 2.24) is 0 Å². The largest absolute Gasteiger partial charge is 0.491 e. The van der Waals surface area contributed by atoms with E-state index in [0.29, 0.717) is 5.56 Å². The Morgan fingerprint density at radius 1 is 1.31 bits per heavy atom. The van der Waals surface area contributed by atoms with Crippen LogP contribution in [0.3, 0.4) is 0 Å². The van der Waals surface area contributed by atoms with Gasteiger partial charge in [-0.2, -0.15) is 13.2 Å². The molecule has 0 saturated carbocycles. The van der Waals surface area contributed by atoms with Crippen LogP contribution in [0.5, 0.6) is 0 Å². The molecule has 6 nitrogen and oxygen atoms in total. The van der Waals surface area contributed by atoms with Crippen LogP contribution in [-0.4, -0.2) is 35.4 Å². The fourth-order valence-electron chi connectivity index (χ4n) is 2.20. The Balaban J connectivity index is 2.20. The molecule has 0 saturated heterocycles. The molecule has 138 valence electrons. The van der Waals surface area contributed by atoms with Crippen molar-refractivity contribution < 1.29 is 37.3 Å². The molecule has 0 bridgehead atoms. The first-order valence-corrected chi connectivity index (χ1v) is 7.45. The van der Waals surface area contributed by atoms with E-state index in [1.807, 2.05) is 0 Å². The number of aliphatic imine (C=N–C) groups is 1. The zero-order valence-corrected chi connectivity index (χ0v) is 13.5. The Hall–Kier alpha value is -2.90. The summed E-state index contributed by atoms with van der Waals surface area (Å²) in [4.78, 5) is 26.3. The van der Waals surface area contributed by atoms with Crippen molar-refractivity contribution in [1.29, 1.82) is 0 Å². The van der Waals surface area contributed by atoms with Crippen LogP contribution in [0.1, 0.15) is 18.1 Å². The normalized spacial score (nSPS) is 17.2. The van der Waals surface area contributed by atoms with E-state index in [4.69, 9.17) is 9.47 Å². The van der Waals surface area contributed by atoms with Crippen molar-refractivity contribution in [2.24, 2.45) is 4.99 Å². The molecule has 2 rings (SSSR count). The number of halogens is 3. The summed E-state index contributed by atoms with van der Waals surface area (Å²) in [5.74, 6) is 0.226. The van der Waals surface area contributed by atoms with Crippen molar-refractivity contribution in [2.75, 3.05) is 6.61 Å². The number of hydrogen-bond acceptors (Lipinski definition) is 5. The molecule has 0 spiro atoms. The molecule has 0 aliphatic carbocycles. The molecule has 1 aromatic rings. The third kappa shape index (κ3) is 4.38. The lowest BCUT2D eigenvalue weighted by atomic mass is 10.0. The lowest BCUT2D eigenvalue weighted by Gasteiger charge is -2.23. The Labute approximate surface area is 146 Å². The van der Waals surface area contributed by atoms with Crippen molar-refractivity contribution in [2.45, 2.75) is 25.8 Å². The zero-order valence-electron chi connectivity index (χ0n) is 13.5. The van der Waals surface area contributed by atoms with E-state index in [-0.39, 0.29) is 24.5 Å². The summed E-state index contributed by atoms with van der Waals surface area (Å²) in [6.07, 6.45) is -4.72. The number of aliphatic carboxylic acids is 1. The third-order valence-corrected chi connectivity index (χ3v) is 3.42. The van der Waals surface area contributed by atoms with E-state index in [1.165, 1.54) is 12.1 Å². The summed E-state index contributed by atoms with van der Waals surface area (Å²) in [7, 11) is 0. The van der Waals surface area contributed by atoms with Crippen molar-refractivity contribution in [3.8, 4) is 0 Å². The number of carbonyl (C=O) groups excluding carboxylic acids is 1. The zero-order chi connectivity index (χ0) is 19.3. The Morgan fingerprint density at radius 3 is 2.46 bits per heavy atom. The summed E-state index contributed by atoms with van der Waals surface area (Å²) >= 11 is 0. The van der Waals surface area contributed by atoms with E-state index in [1.54, 1.807) is 12.9 Å². The van der Waals surface area contributed by atoms with Gasteiger partial charge in [-0.25, -0.2) is 14.6 Å². The molecule has 9 heteroatoms. The van der Waals surface area contributed by atoms with Crippen LogP contribution in [0, 0.1) is 0 Å². The smallest absolute Gasteiger partial charge is 0.416 e. The standard InChI is InChI=1S/C17H14F3NO5/c1-2-25-13-7-21-14(16(23)24)15(12(13)8-22)26-9-10-3-5-11(6-4-10)17(18,19)20/h3-7,15H,2,9H2,1H3,(H,23,24). The number of ether oxygens (including phenoxy) is 2. The summed E-state index contributed by atoms with van der Waals surface area (Å²) in [5, 5.41) is 9.21. The van der Waals surface area contributed by atoms with E-state index in [9.17, 15) is 27.9 Å². The van der Waals surface area contributed by atoms with Crippen molar-refractivity contribution >= 4 is 17.6 Å². The monoisotopic (exact) mass is 369 g/mol. The Morgan fingerprint density at radius 2 is 1.96 bits per heavy atom. The number of rotatable bonds is 6. The lowest BCUT2D eigenvalue weighted by molar-refractivity contribution is -0.137. The van der Waals surface area contributed by atoms with Crippen LogP contribution in [0.15, 0.2) is 46.8 Å². The molecular weight excluding hydrogens is 355 g/mol. The summed E-state index contributed by atoms with van der Waals surface area (Å²) in [5.41, 5.74) is -1.08. The Bertz CT molecular complexity index is 790. The van der Waals surface area contributed by atoms with Gasteiger partial charge in [-0.3, -0.25) is 0 Å². The second-order valence-electron chi connectivity index (χ2n) is 5.15. The number of carboxylic acid groups (broad SMARTS) is 1. The molecule has 0 aromatic heterocycles. The predicted molar refractivity (Wildman–Crippen MR) is 84.0 cm³/mol. The number of benzene rings is 1. The van der Waals surface area contributed by atoms with E-state index < -0.39 is 29.5 Å². The van der Waals surface area contributed by atoms with Gasteiger partial charge in [0.15, 0.2) is 11.5 Å². The average Bonchev–Trinajstić information content (AvgIpc) is 2.59. The fourth-order valence-corrected chi connectivity index (χ4v) is 2.20. The van der Waals surface area contributed by atoms with E-state index in [0.717, 1.165) is 18.3 Å². The van der Waals surface area contributed by atoms with Crippen LogP contribution in [-0.2, 0) is 31.8 Å². The first-order valence-electron chi connectivity index (χ1n) is 7.45. The minimum Gasteiger partial charge on any atom is -0.491 e. The molecule has 1 unspecified atom stereocenters. The number of carboxylic acids is 1. The molecule has 1 N–H and O–H groups in total. The highest BCUT2D eigenvalue weighted by molar-refractivity contribution is 6.39. The number of carbonyl (C=O) groups is 1. The van der Waals surface area contributed by atoms with Crippen LogP contribution in [0.4, 0.5) is 13.2 Å². The highest BCUT2D eigenvalue weighted by Gasteiger charge is 2.34. The first kappa shape index (κ1) is 19.4. The van der Waals surface area contributed by atoms with Gasteiger partial charge in [0, 0.05) is 0 Å². The van der Waals surface area contributed by atoms with Gasteiger partial charge in [-0.05, 0) is 24.6 Å². The van der Waals surface area contributed by atoms with Gasteiger partial charge in [-0.15, -0.1) is 0 Å². The molecule has 1 aliphatic heterocycles. The maximum atomic E-state index is 12.6. The minimum atomic E-state index is -4.46. The SMILES string of the molecule is CCOC1=CN=C(C(=O)O)C(OCc2ccc(C(F)(F)F)cc2)C1=C=O. The Kier molecular flexibility index (Phi) is 5.97. The molecule has 1 aromatic carbocycles. The van der Waals surface area contributed by atoms with Gasteiger partial charge < -0.3 is 14.6 Å². The summed E-state index contributed by atoms with van der Waals surface area (Å²) in [6.45, 7) is 1.64. The number of nitrogens with zero attached hydrogens (tertiary/aromatic N) is 1. The lowest BCUT2D eigenvalue weighted by Crippen LogP contribution is -2.35. The highest BCUT2D eigenvalue weighted by atomic mass is 19.4. The molecule has 0 radical (unpaired) electrons. The van der Waals surface area contributed by atoms with Crippen LogP contribution >= 0.6 is 0 Å². The van der Waals surface area contributed by atoms with E-state index >= 15 is 0 Å². The van der Waals surface area contributed by atoms with Gasteiger partial charge in [-0.1, -0.05) is 12.1 Å². The fraction of sp³-hybridized carbons (Fsp3) is 0.294. The highest BCUT2D eigenvalue weighted by Crippen LogP contribution is 2.29. The predicted octanol–water partition coefficient (Wildman–Crippen LogP) is 2.77. The molecule has 1 aliphatic rings. The van der Waals surface area contributed by atoms with Gasteiger partial charge in [0.2, 0.25) is 0 Å². The molecule has 0 amide bonds. The second kappa shape index (κ2) is 7.99. The maximum absolute atomic E-state index is 12.6. The maximum Gasteiger partial charge on any atom is 0.416 e. The minimum absolute atomic E-state index is 0.0323. The van der Waals surface area contributed by atoms with Crippen LogP contribution < -0.4 is 0 Å². The molecule has 1 heterocycles. The summed E-state index contributed by atoms with van der Waals surface area (Å²) < 4.78 is 48.4. The van der Waals surface area contributed by atoms with Gasteiger partial charge in [0.25, 0.3) is 0 Å². The van der Waals surface area contributed by atoms with Gasteiger partial charge in [0.05, 0.1) is 25.0 Å². The molecule has 0 fully saturated rings. The first-order chi connectivity index (χ1) is 12.3.